The number of aliphatic hydroxyl groups excluding tert-OH is 1. The van der Waals surface area contributed by atoms with Crippen molar-refractivity contribution >= 4 is 11.6 Å². The number of carbonyl (C=O) groups excluding carboxylic acids is 1. The van der Waals surface area contributed by atoms with Gasteiger partial charge in [-0.15, -0.1) is 0 Å². The third-order valence-corrected chi connectivity index (χ3v) is 8.17. The van der Waals surface area contributed by atoms with Gasteiger partial charge in [-0.3, -0.25) is 9.80 Å². The van der Waals surface area contributed by atoms with Crippen LogP contribution in [0, 0.1) is 18.7 Å². The average Bonchev–Trinajstić information content (AvgIpc) is 3.61. The zero-order valence-electron chi connectivity index (χ0n) is 23.3. The number of hydrogen-bond acceptors (Lipinski definition) is 6. The first-order chi connectivity index (χ1) is 18.6. The molecular weight excluding hydrogens is 495 g/mol. The van der Waals surface area contributed by atoms with Gasteiger partial charge in [0.05, 0.1) is 29.1 Å². The number of aliphatic hydroxyl groups is 1. The van der Waals surface area contributed by atoms with Crippen molar-refractivity contribution in [3.8, 4) is 11.1 Å². The Kier molecular flexibility index (Phi) is 7.33. The molecule has 1 saturated heterocycles. The molecular formula is C31H37FN4O3. The van der Waals surface area contributed by atoms with E-state index in [1.54, 1.807) is 17.0 Å². The maximum Gasteiger partial charge on any atom is 0.234 e. The number of aryl methyl sites for hydroxylation is 1. The normalized spacial score (nSPS) is 23.9. The van der Waals surface area contributed by atoms with E-state index in [-0.39, 0.29) is 30.2 Å². The molecule has 2 aliphatic rings. The van der Waals surface area contributed by atoms with Crippen LogP contribution in [0.3, 0.4) is 0 Å². The lowest BCUT2D eigenvalue weighted by atomic mass is 9.84. The fourth-order valence-corrected chi connectivity index (χ4v) is 6.12. The summed E-state index contributed by atoms with van der Waals surface area (Å²) in [5.41, 5.74) is 3.65. The molecule has 7 nitrogen and oxygen atoms in total. The van der Waals surface area contributed by atoms with Crippen LogP contribution in [0.25, 0.3) is 11.1 Å². The summed E-state index contributed by atoms with van der Waals surface area (Å²) in [6.07, 6.45) is 0.451. The Balaban J connectivity index is 1.41. The minimum absolute atomic E-state index is 0.000804. The molecule has 1 fully saturated rings. The predicted molar refractivity (Wildman–Crippen MR) is 149 cm³/mol. The molecule has 0 saturated carbocycles. The fraction of sp³-hybridized carbons (Fsp3) is 0.452. The highest BCUT2D eigenvalue weighted by Gasteiger charge is 2.47. The molecule has 8 heteroatoms. The summed E-state index contributed by atoms with van der Waals surface area (Å²) in [5.74, 6) is -0.255. The minimum Gasteiger partial charge on any atom is -0.391 e. The number of carbonyl (C=O) groups is 1. The van der Waals surface area contributed by atoms with Crippen molar-refractivity contribution in [2.24, 2.45) is 11.0 Å². The molecule has 0 spiro atoms. The number of benzene rings is 2. The molecule has 0 unspecified atom stereocenters. The van der Waals surface area contributed by atoms with E-state index in [4.69, 9.17) is 9.62 Å². The van der Waals surface area contributed by atoms with Gasteiger partial charge in [-0.1, -0.05) is 61.5 Å². The summed E-state index contributed by atoms with van der Waals surface area (Å²) in [6.45, 7) is 11.0. The van der Waals surface area contributed by atoms with Crippen molar-refractivity contribution in [3.63, 3.8) is 0 Å². The number of aromatic nitrogens is 1. The van der Waals surface area contributed by atoms with Crippen LogP contribution in [0.5, 0.6) is 0 Å². The largest absolute Gasteiger partial charge is 0.391 e. The van der Waals surface area contributed by atoms with Gasteiger partial charge in [0, 0.05) is 37.6 Å². The second-order valence-electron chi connectivity index (χ2n) is 11.3. The highest BCUT2D eigenvalue weighted by atomic mass is 19.1. The van der Waals surface area contributed by atoms with E-state index in [0.29, 0.717) is 30.7 Å². The third kappa shape index (κ3) is 4.98. The van der Waals surface area contributed by atoms with Gasteiger partial charge in [0.2, 0.25) is 5.91 Å². The van der Waals surface area contributed by atoms with Crippen molar-refractivity contribution in [2.75, 3.05) is 13.1 Å². The Morgan fingerprint density at radius 1 is 1.21 bits per heavy atom. The van der Waals surface area contributed by atoms with Crippen molar-refractivity contribution in [1.82, 2.24) is 15.1 Å². The third-order valence-electron chi connectivity index (χ3n) is 8.17. The van der Waals surface area contributed by atoms with E-state index < -0.39 is 17.6 Å². The first-order valence-electron chi connectivity index (χ1n) is 13.7. The van der Waals surface area contributed by atoms with Crippen molar-refractivity contribution in [3.05, 3.63) is 77.4 Å². The molecule has 5 rings (SSSR count). The molecule has 2 aromatic carbocycles. The standard InChI is InChI=1S/C31H37FN4O3/c1-6-36-31(5,22-13-11-21(12-14-22)24-9-7-8-10-25(24)32)17-26(33-36)27-16-23(37)18-35(27)30(38)29(19(2)3)28-15-20(4)34-39-28/h7-15,19,23,27,29,37H,6,16-18H2,1-5H3/t23-,27+,29-,31+/m1/s1. The summed E-state index contributed by atoms with van der Waals surface area (Å²) in [6, 6.07) is 16.3. The molecule has 0 radical (unpaired) electrons. The Morgan fingerprint density at radius 2 is 1.92 bits per heavy atom. The Hall–Kier alpha value is -3.52. The predicted octanol–water partition coefficient (Wildman–Crippen LogP) is 5.49. The number of halogens is 1. The van der Waals surface area contributed by atoms with Gasteiger partial charge < -0.3 is 14.5 Å². The topological polar surface area (TPSA) is 82.2 Å². The van der Waals surface area contributed by atoms with E-state index in [2.05, 4.69) is 24.0 Å². The minimum atomic E-state index is -0.618. The highest BCUT2D eigenvalue weighted by Crippen LogP contribution is 2.41. The molecule has 0 bridgehead atoms. The molecule has 4 atom stereocenters. The summed E-state index contributed by atoms with van der Waals surface area (Å²) in [4.78, 5) is 15.7. The summed E-state index contributed by atoms with van der Waals surface area (Å²) in [7, 11) is 0. The smallest absolute Gasteiger partial charge is 0.234 e. The van der Waals surface area contributed by atoms with Gasteiger partial charge in [-0.05, 0) is 43.9 Å². The van der Waals surface area contributed by atoms with Gasteiger partial charge >= 0.3 is 0 Å². The highest BCUT2D eigenvalue weighted by molar-refractivity contribution is 5.96. The fourth-order valence-electron chi connectivity index (χ4n) is 6.12. The van der Waals surface area contributed by atoms with Crippen molar-refractivity contribution < 1.29 is 18.8 Å². The molecule has 3 aromatic rings. The van der Waals surface area contributed by atoms with Crippen LogP contribution in [0.4, 0.5) is 4.39 Å². The van der Waals surface area contributed by atoms with E-state index in [0.717, 1.165) is 22.5 Å². The van der Waals surface area contributed by atoms with E-state index >= 15 is 0 Å². The lowest BCUT2D eigenvalue weighted by molar-refractivity contribution is -0.134. The lowest BCUT2D eigenvalue weighted by Crippen LogP contribution is -2.44. The number of likely N-dealkylation sites (tertiary alicyclic amines) is 1. The van der Waals surface area contributed by atoms with Gasteiger partial charge in [0.15, 0.2) is 0 Å². The molecule has 1 amide bonds. The summed E-state index contributed by atoms with van der Waals surface area (Å²) < 4.78 is 19.9. The van der Waals surface area contributed by atoms with Crippen LogP contribution < -0.4 is 0 Å². The van der Waals surface area contributed by atoms with Crippen LogP contribution in [0.15, 0.2) is 64.2 Å². The monoisotopic (exact) mass is 532 g/mol. The molecule has 39 heavy (non-hydrogen) atoms. The number of rotatable bonds is 7. The van der Waals surface area contributed by atoms with Crippen LogP contribution in [0.1, 0.15) is 63.5 Å². The zero-order valence-corrected chi connectivity index (χ0v) is 23.3. The molecule has 1 aromatic heterocycles. The zero-order chi connectivity index (χ0) is 27.9. The first-order valence-corrected chi connectivity index (χ1v) is 13.7. The maximum atomic E-state index is 14.4. The van der Waals surface area contributed by atoms with E-state index in [1.807, 2.05) is 57.2 Å². The maximum absolute atomic E-state index is 14.4. The second-order valence-corrected chi connectivity index (χ2v) is 11.3. The summed E-state index contributed by atoms with van der Waals surface area (Å²) >= 11 is 0. The molecule has 1 N–H and O–H groups in total. The molecule has 206 valence electrons. The van der Waals surface area contributed by atoms with Gasteiger partial charge in [0.1, 0.15) is 17.5 Å². The quantitative estimate of drug-likeness (QED) is 0.435. The van der Waals surface area contributed by atoms with Gasteiger partial charge in [-0.2, -0.15) is 5.10 Å². The second kappa shape index (κ2) is 10.6. The first kappa shape index (κ1) is 27.1. The Morgan fingerprint density at radius 3 is 2.54 bits per heavy atom. The van der Waals surface area contributed by atoms with Crippen LogP contribution in [-0.4, -0.2) is 57.0 Å². The number of nitrogens with zero attached hydrogens (tertiary/aromatic N) is 4. The molecule has 2 aliphatic heterocycles. The van der Waals surface area contributed by atoms with Crippen molar-refractivity contribution in [2.45, 2.75) is 71.1 Å². The lowest BCUT2D eigenvalue weighted by Gasteiger charge is -2.34. The number of β-amino-alcohol motifs (C(OH)–C–C–N with tert-alkyl or cyclic N) is 1. The average molecular weight is 533 g/mol. The van der Waals surface area contributed by atoms with Crippen LogP contribution >= 0.6 is 0 Å². The number of hydrazone groups is 1. The van der Waals surface area contributed by atoms with Gasteiger partial charge in [-0.25, -0.2) is 4.39 Å². The van der Waals surface area contributed by atoms with Crippen LogP contribution in [-0.2, 0) is 10.3 Å². The van der Waals surface area contributed by atoms with Gasteiger partial charge in [0.25, 0.3) is 0 Å². The van der Waals surface area contributed by atoms with Crippen LogP contribution in [0.2, 0.25) is 0 Å². The number of hydrogen-bond donors (Lipinski definition) is 1. The Bertz CT molecular complexity index is 1370. The summed E-state index contributed by atoms with van der Waals surface area (Å²) in [5, 5.41) is 21.7. The van der Waals surface area contributed by atoms with Crippen molar-refractivity contribution in [1.29, 1.82) is 0 Å². The van der Waals surface area contributed by atoms with E-state index in [9.17, 15) is 14.3 Å². The van der Waals surface area contributed by atoms with E-state index in [1.165, 1.54) is 6.07 Å². The molecule has 0 aliphatic carbocycles. The molecule has 3 heterocycles. The Labute approximate surface area is 229 Å². The number of amides is 1. The SMILES string of the molecule is CCN1N=C([C@@H]2C[C@@H](O)CN2C(=O)[C@@H](c2cc(C)no2)C(C)C)C[C@@]1(C)c1ccc(-c2ccccc2F)cc1.